The van der Waals surface area contributed by atoms with Crippen LogP contribution in [-0.2, 0) is 9.59 Å². The van der Waals surface area contributed by atoms with E-state index in [0.717, 1.165) is 32.2 Å². The molecule has 0 saturated carbocycles. The number of unbranched alkanes of at least 4 members (excludes halogenated alkanes) is 11. The third kappa shape index (κ3) is 17.3. The van der Waals surface area contributed by atoms with Gasteiger partial charge in [-0.1, -0.05) is 71.1 Å². The fraction of sp³-hybridized carbons (Fsp3) is 0.900. The Balaban J connectivity index is 3.14. The third-order valence-electron chi connectivity index (χ3n) is 4.44. The van der Waals surface area contributed by atoms with Gasteiger partial charge in [-0.05, 0) is 19.3 Å². The van der Waals surface area contributed by atoms with E-state index < -0.39 is 0 Å². The number of rotatable bonds is 17. The van der Waals surface area contributed by atoms with Crippen LogP contribution in [0.2, 0.25) is 0 Å². The first-order chi connectivity index (χ1) is 11.7. The van der Waals surface area contributed by atoms with Gasteiger partial charge in [0.05, 0.1) is 0 Å². The Morgan fingerprint density at radius 2 is 1.08 bits per heavy atom. The summed E-state index contributed by atoms with van der Waals surface area (Å²) < 4.78 is 0. The lowest BCUT2D eigenvalue weighted by Gasteiger charge is -2.05. The number of hydrogen-bond acceptors (Lipinski definition) is 2. The van der Waals surface area contributed by atoms with Crippen LogP contribution in [0.3, 0.4) is 0 Å². The molecule has 4 nitrogen and oxygen atoms in total. The Labute approximate surface area is 149 Å². The van der Waals surface area contributed by atoms with Crippen molar-refractivity contribution in [3.63, 3.8) is 0 Å². The maximum absolute atomic E-state index is 11.6. The van der Waals surface area contributed by atoms with E-state index in [0.29, 0.717) is 12.8 Å². The van der Waals surface area contributed by atoms with Gasteiger partial charge in [0, 0.05) is 26.4 Å². The molecule has 2 amide bonds. The van der Waals surface area contributed by atoms with Crippen molar-refractivity contribution in [1.29, 1.82) is 0 Å². The molecule has 0 aromatic rings. The van der Waals surface area contributed by atoms with Crippen molar-refractivity contribution in [2.75, 3.05) is 13.6 Å². The summed E-state index contributed by atoms with van der Waals surface area (Å²) in [7, 11) is 1.70. The van der Waals surface area contributed by atoms with E-state index in [1.807, 2.05) is 0 Å². The molecule has 0 aromatic carbocycles. The first kappa shape index (κ1) is 22.9. The summed E-state index contributed by atoms with van der Waals surface area (Å²) in [5.74, 6) is 0.380. The van der Waals surface area contributed by atoms with Gasteiger partial charge in [-0.3, -0.25) is 9.59 Å². The van der Waals surface area contributed by atoms with Crippen molar-refractivity contribution in [2.45, 2.75) is 103 Å². The molecular formula is C20H40N2O2. The SMILES string of the molecule is CCCCCCC(=O)NCCCCCCCCCCCC(=O)NC. The number of carbonyl (C=O) groups is 2. The predicted molar refractivity (Wildman–Crippen MR) is 102 cm³/mol. The van der Waals surface area contributed by atoms with Gasteiger partial charge in [0.15, 0.2) is 0 Å². The second kappa shape index (κ2) is 18.3. The quantitative estimate of drug-likeness (QED) is 0.376. The largest absolute Gasteiger partial charge is 0.359 e. The molecule has 2 N–H and O–H groups in total. The van der Waals surface area contributed by atoms with Crippen molar-refractivity contribution in [3.8, 4) is 0 Å². The summed E-state index contributed by atoms with van der Waals surface area (Å²) in [6.07, 6.45) is 16.9. The molecule has 0 aromatic heterocycles. The number of amides is 2. The monoisotopic (exact) mass is 340 g/mol. The maximum Gasteiger partial charge on any atom is 0.219 e. The Morgan fingerprint density at radius 1 is 0.625 bits per heavy atom. The van der Waals surface area contributed by atoms with E-state index in [-0.39, 0.29) is 11.8 Å². The van der Waals surface area contributed by atoms with E-state index in [1.54, 1.807) is 7.05 Å². The summed E-state index contributed by atoms with van der Waals surface area (Å²) in [6, 6.07) is 0. The summed E-state index contributed by atoms with van der Waals surface area (Å²) in [5.41, 5.74) is 0. The van der Waals surface area contributed by atoms with Gasteiger partial charge in [-0.25, -0.2) is 0 Å². The zero-order chi connectivity index (χ0) is 17.9. The van der Waals surface area contributed by atoms with E-state index >= 15 is 0 Å². The molecule has 24 heavy (non-hydrogen) atoms. The topological polar surface area (TPSA) is 58.2 Å². The predicted octanol–water partition coefficient (Wildman–Crippen LogP) is 4.72. The van der Waals surface area contributed by atoms with E-state index in [1.165, 1.54) is 57.8 Å². The highest BCUT2D eigenvalue weighted by atomic mass is 16.2. The lowest BCUT2D eigenvalue weighted by Crippen LogP contribution is -2.23. The van der Waals surface area contributed by atoms with Crippen molar-refractivity contribution in [2.24, 2.45) is 0 Å². The second-order valence-corrected chi connectivity index (χ2v) is 6.77. The van der Waals surface area contributed by atoms with Gasteiger partial charge in [0.1, 0.15) is 0 Å². The van der Waals surface area contributed by atoms with Crippen LogP contribution >= 0.6 is 0 Å². The molecule has 0 spiro atoms. The molecule has 0 rings (SSSR count). The minimum atomic E-state index is 0.156. The summed E-state index contributed by atoms with van der Waals surface area (Å²) in [6.45, 7) is 3.03. The van der Waals surface area contributed by atoms with Gasteiger partial charge >= 0.3 is 0 Å². The third-order valence-corrected chi connectivity index (χ3v) is 4.44. The number of nitrogens with one attached hydrogen (secondary N) is 2. The molecule has 0 aliphatic carbocycles. The molecule has 0 saturated heterocycles. The van der Waals surface area contributed by atoms with Gasteiger partial charge in [0.2, 0.25) is 11.8 Å². The van der Waals surface area contributed by atoms with Gasteiger partial charge < -0.3 is 10.6 Å². The zero-order valence-electron chi connectivity index (χ0n) is 16.1. The molecule has 0 fully saturated rings. The van der Waals surface area contributed by atoms with Crippen LogP contribution in [0.5, 0.6) is 0 Å². The fourth-order valence-electron chi connectivity index (χ4n) is 2.80. The zero-order valence-corrected chi connectivity index (χ0v) is 16.1. The average Bonchev–Trinajstić information content (AvgIpc) is 2.59. The maximum atomic E-state index is 11.6. The summed E-state index contributed by atoms with van der Waals surface area (Å²) >= 11 is 0. The molecule has 4 heteroatoms. The molecule has 0 unspecified atom stereocenters. The Kier molecular flexibility index (Phi) is 17.5. The number of hydrogen-bond donors (Lipinski definition) is 2. The Hall–Kier alpha value is -1.06. The standard InChI is InChI=1S/C20H40N2O2/c1-3-4-5-13-17-20(24)22-18-15-12-10-8-6-7-9-11-14-16-19(23)21-2/h3-18H2,1-2H3,(H,21,23)(H,22,24). The lowest BCUT2D eigenvalue weighted by molar-refractivity contribution is -0.121. The molecular weight excluding hydrogens is 300 g/mol. The van der Waals surface area contributed by atoms with Crippen molar-refractivity contribution >= 4 is 11.8 Å². The number of carbonyl (C=O) groups excluding carboxylic acids is 2. The molecule has 0 heterocycles. The highest BCUT2D eigenvalue weighted by Crippen LogP contribution is 2.10. The van der Waals surface area contributed by atoms with Crippen molar-refractivity contribution < 1.29 is 9.59 Å². The van der Waals surface area contributed by atoms with Crippen LogP contribution in [0.1, 0.15) is 103 Å². The smallest absolute Gasteiger partial charge is 0.219 e. The summed E-state index contributed by atoms with van der Waals surface area (Å²) in [4.78, 5) is 22.6. The van der Waals surface area contributed by atoms with E-state index in [4.69, 9.17) is 0 Å². The highest BCUT2D eigenvalue weighted by molar-refractivity contribution is 5.75. The van der Waals surface area contributed by atoms with Crippen LogP contribution in [0.4, 0.5) is 0 Å². The van der Waals surface area contributed by atoms with Crippen molar-refractivity contribution in [1.82, 2.24) is 10.6 Å². The molecule has 0 aliphatic heterocycles. The van der Waals surface area contributed by atoms with Gasteiger partial charge in [-0.15, -0.1) is 0 Å². The lowest BCUT2D eigenvalue weighted by atomic mass is 10.1. The minimum Gasteiger partial charge on any atom is -0.359 e. The fourth-order valence-corrected chi connectivity index (χ4v) is 2.80. The first-order valence-electron chi connectivity index (χ1n) is 10.2. The second-order valence-electron chi connectivity index (χ2n) is 6.77. The van der Waals surface area contributed by atoms with Gasteiger partial charge in [0.25, 0.3) is 0 Å². The highest BCUT2D eigenvalue weighted by Gasteiger charge is 2.00. The van der Waals surface area contributed by atoms with E-state index in [2.05, 4.69) is 17.6 Å². The van der Waals surface area contributed by atoms with Crippen molar-refractivity contribution in [3.05, 3.63) is 0 Å². The normalized spacial score (nSPS) is 10.6. The minimum absolute atomic E-state index is 0.156. The van der Waals surface area contributed by atoms with Crippen LogP contribution in [-0.4, -0.2) is 25.4 Å². The molecule has 0 aliphatic rings. The molecule has 0 bridgehead atoms. The van der Waals surface area contributed by atoms with Crippen LogP contribution < -0.4 is 10.6 Å². The van der Waals surface area contributed by atoms with Crippen LogP contribution in [0.15, 0.2) is 0 Å². The van der Waals surface area contributed by atoms with Crippen LogP contribution in [0, 0.1) is 0 Å². The molecule has 142 valence electrons. The molecule has 0 atom stereocenters. The Bertz CT molecular complexity index is 306. The average molecular weight is 341 g/mol. The van der Waals surface area contributed by atoms with E-state index in [9.17, 15) is 9.59 Å². The van der Waals surface area contributed by atoms with Crippen LogP contribution in [0.25, 0.3) is 0 Å². The summed E-state index contributed by atoms with van der Waals surface area (Å²) in [5, 5.41) is 5.68. The van der Waals surface area contributed by atoms with Gasteiger partial charge in [-0.2, -0.15) is 0 Å². The molecule has 0 radical (unpaired) electrons. The first-order valence-corrected chi connectivity index (χ1v) is 10.2. The Morgan fingerprint density at radius 3 is 1.62 bits per heavy atom.